The minimum Gasteiger partial charge on any atom is -0.508 e. The SMILES string of the molecule is COc1c(NC(=O)c2ccc3c(c2)CCC(C)(C)O3)c(=O)oc2c(C)c(O)ccc12. The number of amides is 1. The monoisotopic (exact) mass is 409 g/mol. The molecule has 0 unspecified atom stereocenters. The molecule has 1 aromatic heterocycles. The average molecular weight is 409 g/mol. The average Bonchev–Trinajstić information content (AvgIpc) is 2.70. The molecule has 0 bridgehead atoms. The molecule has 0 spiro atoms. The highest BCUT2D eigenvalue weighted by molar-refractivity contribution is 6.06. The highest BCUT2D eigenvalue weighted by atomic mass is 16.5. The summed E-state index contributed by atoms with van der Waals surface area (Å²) >= 11 is 0. The summed E-state index contributed by atoms with van der Waals surface area (Å²) in [5, 5.41) is 13.0. The molecule has 2 N–H and O–H groups in total. The van der Waals surface area contributed by atoms with Crippen molar-refractivity contribution in [2.75, 3.05) is 12.4 Å². The van der Waals surface area contributed by atoms with Crippen LogP contribution in [0.15, 0.2) is 39.5 Å². The maximum Gasteiger partial charge on any atom is 0.364 e. The predicted octanol–water partition coefficient (Wildman–Crippen LogP) is 4.17. The molecule has 1 aliphatic heterocycles. The number of carbonyl (C=O) groups is 1. The summed E-state index contributed by atoms with van der Waals surface area (Å²) in [6.07, 6.45) is 1.65. The van der Waals surface area contributed by atoms with Gasteiger partial charge in [-0.15, -0.1) is 0 Å². The molecule has 3 aromatic rings. The first kappa shape index (κ1) is 19.8. The number of phenolic OH excluding ortho intramolecular Hbond substituents is 1. The number of aryl methyl sites for hydroxylation is 2. The molecule has 0 saturated heterocycles. The molecule has 0 aliphatic carbocycles. The lowest BCUT2D eigenvalue weighted by Gasteiger charge is -2.32. The second-order valence-electron chi connectivity index (χ2n) is 8.02. The quantitative estimate of drug-likeness (QED) is 0.630. The van der Waals surface area contributed by atoms with Crippen LogP contribution in [0.2, 0.25) is 0 Å². The van der Waals surface area contributed by atoms with E-state index in [0.29, 0.717) is 16.5 Å². The fraction of sp³-hybridized carbons (Fsp3) is 0.304. The summed E-state index contributed by atoms with van der Waals surface area (Å²) in [5.41, 5.74) is 0.897. The Morgan fingerprint density at radius 3 is 2.73 bits per heavy atom. The Labute approximate surface area is 173 Å². The molecule has 1 aliphatic rings. The van der Waals surface area contributed by atoms with Crippen molar-refractivity contribution in [1.82, 2.24) is 0 Å². The van der Waals surface area contributed by atoms with E-state index in [0.717, 1.165) is 24.2 Å². The third-order valence-corrected chi connectivity index (χ3v) is 5.40. The van der Waals surface area contributed by atoms with E-state index in [-0.39, 0.29) is 28.4 Å². The number of rotatable bonds is 3. The molecular weight excluding hydrogens is 386 g/mol. The van der Waals surface area contributed by atoms with E-state index in [4.69, 9.17) is 13.9 Å². The summed E-state index contributed by atoms with van der Waals surface area (Å²) in [6.45, 7) is 5.70. The van der Waals surface area contributed by atoms with Crippen molar-refractivity contribution in [3.05, 3.63) is 57.4 Å². The van der Waals surface area contributed by atoms with Crippen molar-refractivity contribution in [2.24, 2.45) is 0 Å². The van der Waals surface area contributed by atoms with Gasteiger partial charge in [0.2, 0.25) is 0 Å². The second kappa shape index (κ2) is 7.09. The Morgan fingerprint density at radius 2 is 2.00 bits per heavy atom. The predicted molar refractivity (Wildman–Crippen MR) is 113 cm³/mol. The molecule has 4 rings (SSSR count). The number of phenols is 1. The van der Waals surface area contributed by atoms with Gasteiger partial charge in [-0.2, -0.15) is 0 Å². The number of aromatic hydroxyl groups is 1. The molecule has 2 aromatic carbocycles. The van der Waals surface area contributed by atoms with Crippen LogP contribution in [-0.2, 0) is 6.42 Å². The van der Waals surface area contributed by atoms with Gasteiger partial charge in [0.25, 0.3) is 5.91 Å². The van der Waals surface area contributed by atoms with Crippen LogP contribution in [-0.4, -0.2) is 23.7 Å². The van der Waals surface area contributed by atoms with Gasteiger partial charge in [0.05, 0.1) is 12.5 Å². The van der Waals surface area contributed by atoms with Gasteiger partial charge < -0.3 is 24.3 Å². The maximum absolute atomic E-state index is 12.9. The zero-order chi connectivity index (χ0) is 21.6. The number of methoxy groups -OCH3 is 1. The fourth-order valence-corrected chi connectivity index (χ4v) is 3.67. The Balaban J connectivity index is 1.71. The van der Waals surface area contributed by atoms with E-state index >= 15 is 0 Å². The van der Waals surface area contributed by atoms with Gasteiger partial charge in [-0.3, -0.25) is 4.79 Å². The second-order valence-corrected chi connectivity index (χ2v) is 8.02. The van der Waals surface area contributed by atoms with Crippen LogP contribution in [0.4, 0.5) is 5.69 Å². The van der Waals surface area contributed by atoms with E-state index in [9.17, 15) is 14.7 Å². The van der Waals surface area contributed by atoms with Crippen molar-refractivity contribution < 1.29 is 23.8 Å². The fourth-order valence-electron chi connectivity index (χ4n) is 3.67. The molecular formula is C23H23NO6. The van der Waals surface area contributed by atoms with Crippen LogP contribution in [0, 0.1) is 6.92 Å². The lowest BCUT2D eigenvalue weighted by molar-refractivity contribution is 0.0846. The largest absolute Gasteiger partial charge is 0.508 e. The first-order valence-corrected chi connectivity index (χ1v) is 9.67. The number of nitrogens with one attached hydrogen (secondary N) is 1. The molecule has 2 heterocycles. The van der Waals surface area contributed by atoms with Crippen LogP contribution in [0.25, 0.3) is 11.0 Å². The smallest absolute Gasteiger partial charge is 0.364 e. The van der Waals surface area contributed by atoms with Crippen molar-refractivity contribution in [2.45, 2.75) is 39.2 Å². The zero-order valence-corrected chi connectivity index (χ0v) is 17.3. The summed E-state index contributed by atoms with van der Waals surface area (Å²) in [5.74, 6) is 0.494. The molecule has 0 fully saturated rings. The van der Waals surface area contributed by atoms with Gasteiger partial charge in [0.15, 0.2) is 11.4 Å². The van der Waals surface area contributed by atoms with E-state index in [1.54, 1.807) is 31.2 Å². The standard InChI is InChI=1S/C23H23NO6/c1-12-16(25)7-6-15-19(12)29-22(27)18(20(15)28-4)24-21(26)14-5-8-17-13(11-14)9-10-23(2,3)30-17/h5-8,11,25H,9-10H2,1-4H3,(H,24,26). The molecule has 1 amide bonds. The van der Waals surface area contributed by atoms with Crippen molar-refractivity contribution in [1.29, 1.82) is 0 Å². The number of anilines is 1. The lowest BCUT2D eigenvalue weighted by Crippen LogP contribution is -2.32. The molecule has 0 saturated carbocycles. The van der Waals surface area contributed by atoms with E-state index in [1.165, 1.54) is 13.2 Å². The minimum atomic E-state index is -0.760. The van der Waals surface area contributed by atoms with Gasteiger partial charge in [0, 0.05) is 11.1 Å². The van der Waals surface area contributed by atoms with Crippen LogP contribution in [0.5, 0.6) is 17.2 Å². The number of hydrogen-bond donors (Lipinski definition) is 2. The Bertz CT molecular complexity index is 1220. The van der Waals surface area contributed by atoms with Crippen molar-refractivity contribution >= 4 is 22.6 Å². The van der Waals surface area contributed by atoms with Gasteiger partial charge in [-0.25, -0.2) is 4.79 Å². The van der Waals surface area contributed by atoms with Crippen LogP contribution < -0.4 is 20.4 Å². The molecule has 156 valence electrons. The van der Waals surface area contributed by atoms with Gasteiger partial charge in [-0.05, 0) is 69.5 Å². The van der Waals surface area contributed by atoms with Gasteiger partial charge >= 0.3 is 5.63 Å². The van der Waals surface area contributed by atoms with Crippen LogP contribution in [0.1, 0.15) is 41.8 Å². The molecule has 30 heavy (non-hydrogen) atoms. The zero-order valence-electron chi connectivity index (χ0n) is 17.3. The molecule has 7 nitrogen and oxygen atoms in total. The molecule has 0 radical (unpaired) electrons. The Hall–Kier alpha value is -3.48. The van der Waals surface area contributed by atoms with Crippen LogP contribution in [0.3, 0.4) is 0 Å². The number of ether oxygens (including phenoxy) is 2. The Kier molecular flexibility index (Phi) is 4.68. The van der Waals surface area contributed by atoms with E-state index < -0.39 is 11.5 Å². The van der Waals surface area contributed by atoms with Gasteiger partial charge in [-0.1, -0.05) is 0 Å². The Morgan fingerprint density at radius 1 is 1.23 bits per heavy atom. The number of fused-ring (bicyclic) bond motifs is 2. The van der Waals surface area contributed by atoms with E-state index in [1.807, 2.05) is 13.8 Å². The van der Waals surface area contributed by atoms with E-state index in [2.05, 4.69) is 5.32 Å². The first-order chi connectivity index (χ1) is 14.2. The third-order valence-electron chi connectivity index (χ3n) is 5.40. The van der Waals surface area contributed by atoms with Crippen LogP contribution >= 0.6 is 0 Å². The maximum atomic E-state index is 12.9. The topological polar surface area (TPSA) is 98.0 Å². The third kappa shape index (κ3) is 3.36. The number of hydrogen-bond acceptors (Lipinski definition) is 6. The summed E-state index contributed by atoms with van der Waals surface area (Å²) in [6, 6.07) is 8.27. The summed E-state index contributed by atoms with van der Waals surface area (Å²) in [7, 11) is 1.41. The van der Waals surface area contributed by atoms with Crippen molar-refractivity contribution in [3.8, 4) is 17.2 Å². The summed E-state index contributed by atoms with van der Waals surface area (Å²) in [4.78, 5) is 25.5. The molecule has 7 heteroatoms. The highest BCUT2D eigenvalue weighted by Gasteiger charge is 2.27. The first-order valence-electron chi connectivity index (χ1n) is 9.67. The minimum absolute atomic E-state index is 0.00365. The number of carbonyl (C=O) groups excluding carboxylic acids is 1. The number of benzene rings is 2. The lowest BCUT2D eigenvalue weighted by atomic mass is 9.93. The summed E-state index contributed by atoms with van der Waals surface area (Å²) < 4.78 is 16.7. The normalized spacial score (nSPS) is 14.7. The highest BCUT2D eigenvalue weighted by Crippen LogP contribution is 2.36. The van der Waals surface area contributed by atoms with Gasteiger partial charge in [0.1, 0.15) is 22.7 Å². The van der Waals surface area contributed by atoms with Crippen molar-refractivity contribution in [3.63, 3.8) is 0 Å². The molecule has 0 atom stereocenters.